The highest BCUT2D eigenvalue weighted by Gasteiger charge is 2.70. The van der Waals surface area contributed by atoms with Crippen molar-refractivity contribution in [3.05, 3.63) is 149 Å². The van der Waals surface area contributed by atoms with Gasteiger partial charge in [-0.15, -0.1) is 0 Å². The molecule has 13 heteroatoms. The van der Waals surface area contributed by atoms with Gasteiger partial charge in [-0.2, -0.15) is 5.01 Å². The van der Waals surface area contributed by atoms with E-state index in [9.17, 15) is 23.9 Å². The predicted octanol–water partition coefficient (Wildman–Crippen LogP) is 8.19. The van der Waals surface area contributed by atoms with E-state index >= 15 is 4.79 Å². The third kappa shape index (κ3) is 5.42. The van der Waals surface area contributed by atoms with E-state index in [0.717, 1.165) is 5.01 Å². The molecule has 6 atom stereocenters. The zero-order chi connectivity index (χ0) is 40.7. The number of nitrogens with zero attached hydrogens (tertiary/aromatic N) is 3. The fraction of sp³-hybridized carbons (Fsp3) is 0.196. The Kier molecular flexibility index (Phi) is 8.46. The molecule has 2 saturated heterocycles. The molecule has 1 saturated carbocycles. The highest BCUT2D eigenvalue weighted by atomic mass is 35.5. The van der Waals surface area contributed by atoms with E-state index in [-0.39, 0.29) is 30.2 Å². The normalized spacial score (nSPS) is 24.9. The smallest absolute Gasteiger partial charge is 0.260 e. The Morgan fingerprint density at radius 1 is 0.864 bits per heavy atom. The van der Waals surface area contributed by atoms with Crippen molar-refractivity contribution >= 4 is 57.7 Å². The van der Waals surface area contributed by atoms with Crippen molar-refractivity contribution in [3.8, 4) is 23.0 Å². The minimum atomic E-state index is -1.67. The first-order valence-corrected chi connectivity index (χ1v) is 19.5. The summed E-state index contributed by atoms with van der Waals surface area (Å²) in [6.07, 6.45) is 2.12. The van der Waals surface area contributed by atoms with Crippen LogP contribution < -0.4 is 15.1 Å². The number of nitrogens with one attached hydrogen (secondary N) is 1. The van der Waals surface area contributed by atoms with Gasteiger partial charge in [-0.05, 0) is 103 Å². The molecule has 6 aromatic rings. The molecule has 4 amide bonds. The number of phenolic OH excluding ortho intramolecular Hbond substituents is 1. The lowest BCUT2D eigenvalue weighted by Crippen LogP contribution is -2.53. The van der Waals surface area contributed by atoms with Gasteiger partial charge in [0.05, 0.1) is 41.7 Å². The first-order valence-electron chi connectivity index (χ1n) is 19.2. The van der Waals surface area contributed by atoms with Gasteiger partial charge in [-0.1, -0.05) is 59.6 Å². The Balaban J connectivity index is 1.09. The zero-order valence-corrected chi connectivity index (χ0v) is 32.1. The second kappa shape index (κ2) is 13.7. The summed E-state index contributed by atoms with van der Waals surface area (Å²) in [5.74, 6) is -6.54. The number of halogens is 2. The number of hydrogen-bond acceptors (Lipinski definition) is 9. The van der Waals surface area contributed by atoms with Crippen LogP contribution in [-0.2, 0) is 24.6 Å². The van der Waals surface area contributed by atoms with Crippen LogP contribution in [-0.4, -0.2) is 45.8 Å². The fourth-order valence-corrected chi connectivity index (χ4v) is 10.1. The zero-order valence-electron chi connectivity index (χ0n) is 31.3. The average Bonchev–Trinajstić information content (AvgIpc) is 3.86. The number of rotatable bonds is 7. The minimum absolute atomic E-state index is 0.0343. The molecule has 6 unspecified atom stereocenters. The third-order valence-electron chi connectivity index (χ3n) is 12.5. The van der Waals surface area contributed by atoms with Gasteiger partial charge < -0.3 is 14.3 Å². The number of anilines is 2. The highest BCUT2D eigenvalue weighted by Crippen LogP contribution is 2.65. The molecule has 0 radical (unpaired) electrons. The largest absolute Gasteiger partial charge is 0.504 e. The van der Waals surface area contributed by atoms with Crippen LogP contribution in [0.15, 0.2) is 131 Å². The molecule has 2 aliphatic carbocycles. The van der Waals surface area contributed by atoms with Gasteiger partial charge in [0.15, 0.2) is 17.1 Å². The molecular weight excluding hydrogens is 775 g/mol. The highest BCUT2D eigenvalue weighted by molar-refractivity contribution is 6.30. The number of ether oxygens (including phenoxy) is 1. The number of fused-ring (bicyclic) bond motifs is 5. The molecule has 2 N–H and O–H groups in total. The number of carbonyl (C=O) groups is 4. The molecule has 3 fully saturated rings. The van der Waals surface area contributed by atoms with Crippen molar-refractivity contribution in [2.45, 2.75) is 24.2 Å². The molecule has 294 valence electrons. The van der Waals surface area contributed by atoms with E-state index in [1.54, 1.807) is 66.7 Å². The Morgan fingerprint density at radius 2 is 1.61 bits per heavy atom. The molecule has 5 aromatic carbocycles. The summed E-state index contributed by atoms with van der Waals surface area (Å²) in [7, 11) is 1.42. The van der Waals surface area contributed by atoms with Gasteiger partial charge in [-0.3, -0.25) is 29.5 Å². The summed E-state index contributed by atoms with van der Waals surface area (Å²) in [6.45, 7) is 0. The molecule has 2 aliphatic heterocycles. The molecule has 11 nitrogen and oxygen atoms in total. The molecular formula is C46H34ClFN4O7. The quantitative estimate of drug-likeness (QED) is 0.121. The van der Waals surface area contributed by atoms with Crippen molar-refractivity contribution in [1.29, 1.82) is 0 Å². The van der Waals surface area contributed by atoms with Gasteiger partial charge in [0, 0.05) is 22.1 Å². The van der Waals surface area contributed by atoms with Crippen LogP contribution in [0, 0.1) is 29.5 Å². The number of phenols is 1. The number of allylic oxidation sites excluding steroid dienone is 2. The summed E-state index contributed by atoms with van der Waals surface area (Å²) >= 11 is 6.39. The minimum Gasteiger partial charge on any atom is -0.504 e. The summed E-state index contributed by atoms with van der Waals surface area (Å²) < 4.78 is 25.4. The molecule has 10 rings (SSSR count). The molecule has 4 aliphatic rings. The van der Waals surface area contributed by atoms with Crippen molar-refractivity contribution in [1.82, 2.24) is 9.99 Å². The van der Waals surface area contributed by atoms with Crippen LogP contribution >= 0.6 is 11.6 Å². The number of hydrogen-bond donors (Lipinski definition) is 2. The maximum absolute atomic E-state index is 15.4. The fourth-order valence-electron chi connectivity index (χ4n) is 9.94. The standard InChI is InChI=1S/C46H34ClFN4O7/c1-58-37-8-4-5-32(40(37)53)39-30-21-22-31-38(44(56)51(42(31)54)29-19-9-24(10-20-29)41-49-35-6-2-3-7-36(35)59-41)33(30)23-34-43(55)52(50-28-17-15-27(48)16-18-28)45(57)46(34,39)25-11-13-26(47)14-12-25/h2-21,31,33-34,38-39,50,53H,22-23H2,1H3. The first-order chi connectivity index (χ1) is 28.6. The van der Waals surface area contributed by atoms with Crippen molar-refractivity contribution < 1.29 is 37.8 Å². The second-order valence-electron chi connectivity index (χ2n) is 15.3. The van der Waals surface area contributed by atoms with Crippen LogP contribution in [0.2, 0.25) is 5.02 Å². The topological polar surface area (TPSA) is 142 Å². The molecule has 59 heavy (non-hydrogen) atoms. The predicted molar refractivity (Wildman–Crippen MR) is 216 cm³/mol. The van der Waals surface area contributed by atoms with E-state index in [1.807, 2.05) is 30.3 Å². The van der Waals surface area contributed by atoms with Crippen LogP contribution in [0.3, 0.4) is 0 Å². The van der Waals surface area contributed by atoms with Gasteiger partial charge in [0.1, 0.15) is 11.3 Å². The summed E-state index contributed by atoms with van der Waals surface area (Å²) in [6, 6.07) is 31.2. The molecule has 0 bridgehead atoms. The lowest BCUT2D eigenvalue weighted by molar-refractivity contribution is -0.138. The summed E-state index contributed by atoms with van der Waals surface area (Å²) in [5.41, 5.74) is 5.38. The number of para-hydroxylation sites is 3. The second-order valence-corrected chi connectivity index (χ2v) is 15.8. The SMILES string of the molecule is COc1cccc(C2C3=CCC4C(=O)N(c5ccc(-c6nc7ccccc7o6)cc5)C(=O)C4C3CC3C(=O)N(Nc4ccc(F)cc4)C(=O)C32c2ccc(Cl)cc2)c1O. The number of hydrazine groups is 1. The van der Waals surface area contributed by atoms with Gasteiger partial charge in [-0.25, -0.2) is 9.37 Å². The Hall–Kier alpha value is -6.79. The maximum atomic E-state index is 15.4. The number of aromatic nitrogens is 1. The molecule has 1 aromatic heterocycles. The monoisotopic (exact) mass is 808 g/mol. The van der Waals surface area contributed by atoms with Crippen LogP contribution in [0.5, 0.6) is 11.5 Å². The van der Waals surface area contributed by atoms with Crippen LogP contribution in [0.1, 0.15) is 29.9 Å². The van der Waals surface area contributed by atoms with E-state index in [0.29, 0.717) is 55.7 Å². The number of oxazole rings is 1. The van der Waals surface area contributed by atoms with E-state index in [1.165, 1.54) is 36.3 Å². The number of methoxy groups -OCH3 is 1. The Morgan fingerprint density at radius 3 is 2.34 bits per heavy atom. The van der Waals surface area contributed by atoms with Gasteiger partial charge in [0.25, 0.3) is 11.8 Å². The molecule has 0 spiro atoms. The first kappa shape index (κ1) is 36.5. The summed E-state index contributed by atoms with van der Waals surface area (Å²) in [4.78, 5) is 65.2. The van der Waals surface area contributed by atoms with E-state index in [2.05, 4.69) is 10.4 Å². The van der Waals surface area contributed by atoms with Crippen LogP contribution in [0.4, 0.5) is 15.8 Å². The van der Waals surface area contributed by atoms with Gasteiger partial charge >= 0.3 is 0 Å². The van der Waals surface area contributed by atoms with Crippen molar-refractivity contribution in [2.75, 3.05) is 17.4 Å². The van der Waals surface area contributed by atoms with Crippen LogP contribution in [0.25, 0.3) is 22.6 Å². The number of carbonyl (C=O) groups excluding carboxylic acids is 4. The lowest BCUT2D eigenvalue weighted by atomic mass is 9.49. The van der Waals surface area contributed by atoms with Crippen molar-refractivity contribution in [3.63, 3.8) is 0 Å². The Bertz CT molecular complexity index is 2720. The summed E-state index contributed by atoms with van der Waals surface area (Å²) in [5, 5.41) is 13.2. The number of amides is 4. The Labute approximate surface area is 341 Å². The molecule has 3 heterocycles. The van der Waals surface area contributed by atoms with Gasteiger partial charge in [0.2, 0.25) is 17.7 Å². The van der Waals surface area contributed by atoms with E-state index in [4.69, 9.17) is 20.8 Å². The maximum Gasteiger partial charge on any atom is 0.260 e. The number of aromatic hydroxyl groups is 1. The average molecular weight is 809 g/mol. The third-order valence-corrected chi connectivity index (χ3v) is 12.7. The van der Waals surface area contributed by atoms with E-state index < -0.39 is 58.5 Å². The number of benzene rings is 5. The number of imide groups is 2. The lowest BCUT2D eigenvalue weighted by Gasteiger charge is -2.50. The van der Waals surface area contributed by atoms with Crippen molar-refractivity contribution in [2.24, 2.45) is 23.7 Å².